The van der Waals surface area contributed by atoms with Crippen molar-refractivity contribution in [1.29, 1.82) is 0 Å². The van der Waals surface area contributed by atoms with Gasteiger partial charge in [-0.1, -0.05) is 36.8 Å². The van der Waals surface area contributed by atoms with Gasteiger partial charge in [0.1, 0.15) is 0 Å². The topological polar surface area (TPSA) is 12.0 Å². The van der Waals surface area contributed by atoms with Gasteiger partial charge in [-0.15, -0.1) is 0 Å². The van der Waals surface area contributed by atoms with Crippen molar-refractivity contribution in [2.24, 2.45) is 5.92 Å². The summed E-state index contributed by atoms with van der Waals surface area (Å²) < 4.78 is 0. The number of benzene rings is 1. The van der Waals surface area contributed by atoms with Crippen molar-refractivity contribution in [3.05, 3.63) is 35.4 Å². The van der Waals surface area contributed by atoms with Gasteiger partial charge in [0.05, 0.1) is 0 Å². The predicted octanol–water partition coefficient (Wildman–Crippen LogP) is 3.91. The van der Waals surface area contributed by atoms with Crippen LogP contribution in [0.25, 0.3) is 0 Å². The lowest BCUT2D eigenvalue weighted by molar-refractivity contribution is 0.446. The van der Waals surface area contributed by atoms with Gasteiger partial charge in [0, 0.05) is 0 Å². The van der Waals surface area contributed by atoms with Crippen LogP contribution in [0.15, 0.2) is 24.3 Å². The molecular weight excluding hydrogens is 238 g/mol. The molecule has 0 amide bonds. The van der Waals surface area contributed by atoms with Crippen LogP contribution in [0.1, 0.15) is 30.9 Å². The number of thioether (sulfide) groups is 1. The maximum absolute atomic E-state index is 3.50. The van der Waals surface area contributed by atoms with Crippen LogP contribution < -0.4 is 5.32 Å². The molecule has 0 fully saturated rings. The summed E-state index contributed by atoms with van der Waals surface area (Å²) >= 11 is 1.96. The Labute approximate surface area is 117 Å². The maximum Gasteiger partial charge on any atom is -0.00174 e. The minimum atomic E-state index is 0.778. The van der Waals surface area contributed by atoms with Crippen LogP contribution in [0.5, 0.6) is 0 Å². The zero-order chi connectivity index (χ0) is 13.2. The molecule has 1 rings (SSSR count). The summed E-state index contributed by atoms with van der Waals surface area (Å²) in [5.74, 6) is 2.07. The van der Waals surface area contributed by atoms with Crippen LogP contribution in [0.2, 0.25) is 0 Å². The van der Waals surface area contributed by atoms with Crippen molar-refractivity contribution in [2.45, 2.75) is 33.1 Å². The fourth-order valence-corrected chi connectivity index (χ4v) is 2.65. The molecule has 0 aliphatic heterocycles. The van der Waals surface area contributed by atoms with E-state index in [9.17, 15) is 0 Å². The first-order valence-corrected chi connectivity index (χ1v) is 8.40. The largest absolute Gasteiger partial charge is 0.317 e. The number of rotatable bonds is 9. The number of hydrogen-bond donors (Lipinski definition) is 1. The number of nitrogens with one attached hydrogen (secondary N) is 1. The molecule has 1 unspecified atom stereocenters. The quantitative estimate of drug-likeness (QED) is 0.680. The molecule has 1 atom stereocenters. The summed E-state index contributed by atoms with van der Waals surface area (Å²) in [6.07, 6.45) is 6.08. The first kappa shape index (κ1) is 15.6. The molecule has 1 aromatic carbocycles. The van der Waals surface area contributed by atoms with E-state index in [2.05, 4.69) is 49.7 Å². The highest BCUT2D eigenvalue weighted by Gasteiger charge is 2.09. The fraction of sp³-hybridized carbons (Fsp3) is 0.625. The predicted molar refractivity (Wildman–Crippen MR) is 84.5 cm³/mol. The van der Waals surface area contributed by atoms with Gasteiger partial charge < -0.3 is 5.32 Å². The Kier molecular flexibility index (Phi) is 8.19. The van der Waals surface area contributed by atoms with E-state index >= 15 is 0 Å². The van der Waals surface area contributed by atoms with Gasteiger partial charge in [0.25, 0.3) is 0 Å². The SMILES string of the molecule is CCNCC(CCCSC)Cc1ccc(C)cc1. The average molecular weight is 265 g/mol. The van der Waals surface area contributed by atoms with Crippen LogP contribution in [-0.2, 0) is 6.42 Å². The molecule has 0 bridgehead atoms. The van der Waals surface area contributed by atoms with Crippen molar-refractivity contribution in [3.63, 3.8) is 0 Å². The first-order valence-electron chi connectivity index (χ1n) is 7.01. The summed E-state index contributed by atoms with van der Waals surface area (Å²) in [6, 6.07) is 9.01. The first-order chi connectivity index (χ1) is 8.76. The average Bonchev–Trinajstić information content (AvgIpc) is 2.38. The highest BCUT2D eigenvalue weighted by Crippen LogP contribution is 2.15. The van der Waals surface area contributed by atoms with Gasteiger partial charge in [-0.05, 0) is 62.8 Å². The zero-order valence-corrected chi connectivity index (χ0v) is 12.9. The second-order valence-electron chi connectivity index (χ2n) is 5.00. The minimum Gasteiger partial charge on any atom is -0.317 e. The Morgan fingerprint density at radius 3 is 2.56 bits per heavy atom. The van der Waals surface area contributed by atoms with Crippen LogP contribution in [0.3, 0.4) is 0 Å². The van der Waals surface area contributed by atoms with Crippen molar-refractivity contribution < 1.29 is 0 Å². The second kappa shape index (κ2) is 9.46. The third-order valence-electron chi connectivity index (χ3n) is 3.29. The Hall–Kier alpha value is -0.470. The summed E-state index contributed by atoms with van der Waals surface area (Å²) in [5, 5.41) is 3.50. The summed E-state index contributed by atoms with van der Waals surface area (Å²) in [7, 11) is 0. The van der Waals surface area contributed by atoms with E-state index in [1.807, 2.05) is 11.8 Å². The lowest BCUT2D eigenvalue weighted by Gasteiger charge is -2.17. The molecule has 0 aliphatic carbocycles. The zero-order valence-electron chi connectivity index (χ0n) is 12.0. The van der Waals surface area contributed by atoms with Gasteiger partial charge in [-0.3, -0.25) is 0 Å². The molecule has 0 spiro atoms. The summed E-state index contributed by atoms with van der Waals surface area (Å²) in [6.45, 7) is 6.56. The van der Waals surface area contributed by atoms with E-state index in [4.69, 9.17) is 0 Å². The molecular formula is C16H27NS. The molecule has 0 saturated heterocycles. The third-order valence-corrected chi connectivity index (χ3v) is 3.99. The summed E-state index contributed by atoms with van der Waals surface area (Å²) in [4.78, 5) is 0. The Morgan fingerprint density at radius 2 is 1.94 bits per heavy atom. The third kappa shape index (κ3) is 6.46. The van der Waals surface area contributed by atoms with Crippen LogP contribution in [0, 0.1) is 12.8 Å². The molecule has 0 saturated carbocycles. The molecule has 0 radical (unpaired) electrons. The van der Waals surface area contributed by atoms with Gasteiger partial charge >= 0.3 is 0 Å². The van der Waals surface area contributed by atoms with Gasteiger partial charge in [-0.25, -0.2) is 0 Å². The molecule has 0 heterocycles. The highest BCUT2D eigenvalue weighted by atomic mass is 32.2. The molecule has 102 valence electrons. The minimum absolute atomic E-state index is 0.778. The van der Waals surface area contributed by atoms with E-state index in [1.165, 1.54) is 36.1 Å². The number of hydrogen-bond acceptors (Lipinski definition) is 2. The normalized spacial score (nSPS) is 12.6. The van der Waals surface area contributed by atoms with E-state index in [-0.39, 0.29) is 0 Å². The maximum atomic E-state index is 3.50. The second-order valence-corrected chi connectivity index (χ2v) is 5.98. The molecule has 1 N–H and O–H groups in total. The molecule has 0 aromatic heterocycles. The van der Waals surface area contributed by atoms with Crippen LogP contribution in [0.4, 0.5) is 0 Å². The standard InChI is InChI=1S/C16H27NS/c1-4-17-13-16(6-5-11-18-3)12-15-9-7-14(2)8-10-15/h7-10,16-17H,4-6,11-13H2,1-3H3. The number of aryl methyl sites for hydroxylation is 1. The molecule has 1 aromatic rings. The molecule has 1 nitrogen and oxygen atoms in total. The summed E-state index contributed by atoms with van der Waals surface area (Å²) in [5.41, 5.74) is 2.83. The fourth-order valence-electron chi connectivity index (χ4n) is 2.20. The van der Waals surface area contributed by atoms with E-state index in [1.54, 1.807) is 0 Å². The van der Waals surface area contributed by atoms with Crippen molar-refractivity contribution in [1.82, 2.24) is 5.32 Å². The van der Waals surface area contributed by atoms with Gasteiger partial charge in [-0.2, -0.15) is 11.8 Å². The molecule has 0 aliphatic rings. The van der Waals surface area contributed by atoms with E-state index in [0.717, 1.165) is 19.0 Å². The Morgan fingerprint density at radius 1 is 1.22 bits per heavy atom. The Bertz CT molecular complexity index is 307. The van der Waals surface area contributed by atoms with Gasteiger partial charge in [0.15, 0.2) is 0 Å². The molecule has 18 heavy (non-hydrogen) atoms. The monoisotopic (exact) mass is 265 g/mol. The Balaban J connectivity index is 2.45. The van der Waals surface area contributed by atoms with Crippen molar-refractivity contribution in [3.8, 4) is 0 Å². The van der Waals surface area contributed by atoms with Crippen LogP contribution >= 0.6 is 11.8 Å². The highest BCUT2D eigenvalue weighted by molar-refractivity contribution is 7.98. The smallest absolute Gasteiger partial charge is 0.00174 e. The van der Waals surface area contributed by atoms with Crippen molar-refractivity contribution in [2.75, 3.05) is 25.1 Å². The molecule has 2 heteroatoms. The van der Waals surface area contributed by atoms with Crippen LogP contribution in [-0.4, -0.2) is 25.1 Å². The lowest BCUT2D eigenvalue weighted by Crippen LogP contribution is -2.24. The van der Waals surface area contributed by atoms with E-state index in [0.29, 0.717) is 0 Å². The van der Waals surface area contributed by atoms with Gasteiger partial charge in [0.2, 0.25) is 0 Å². The van der Waals surface area contributed by atoms with E-state index < -0.39 is 0 Å². The van der Waals surface area contributed by atoms with Crippen molar-refractivity contribution >= 4 is 11.8 Å². The lowest BCUT2D eigenvalue weighted by atomic mass is 9.94.